The Morgan fingerprint density at radius 3 is 2.73 bits per heavy atom. The molecule has 3 unspecified atom stereocenters. The number of morpholine rings is 1. The van der Waals surface area contributed by atoms with Crippen LogP contribution in [0, 0.1) is 5.92 Å². The van der Waals surface area contributed by atoms with Crippen molar-refractivity contribution in [3.63, 3.8) is 0 Å². The first kappa shape index (κ1) is 15.3. The predicted octanol–water partition coefficient (Wildman–Crippen LogP) is 2.14. The summed E-state index contributed by atoms with van der Waals surface area (Å²) in [5.41, 5.74) is 0.999. The summed E-state index contributed by atoms with van der Waals surface area (Å²) < 4.78 is 5.34. The highest BCUT2D eigenvalue weighted by Crippen LogP contribution is 2.50. The lowest BCUT2D eigenvalue weighted by molar-refractivity contribution is -0.167. The number of aliphatic carboxylic acids is 1. The summed E-state index contributed by atoms with van der Waals surface area (Å²) >= 11 is 6.18. The van der Waals surface area contributed by atoms with E-state index in [0.717, 1.165) is 12.0 Å². The molecule has 5 nitrogen and oxygen atoms in total. The Balaban J connectivity index is 1.68. The minimum atomic E-state index is -1.03. The molecule has 0 aromatic heterocycles. The number of hydrogen-bond donors (Lipinski definition) is 1. The average Bonchev–Trinajstić information content (AvgIpc) is 3.26. The minimum absolute atomic E-state index is 0.00585. The van der Waals surface area contributed by atoms with Crippen molar-refractivity contribution in [1.82, 2.24) is 4.90 Å². The largest absolute Gasteiger partial charge is 0.479 e. The fourth-order valence-electron chi connectivity index (χ4n) is 3.09. The molecule has 0 radical (unpaired) electrons. The predicted molar refractivity (Wildman–Crippen MR) is 80.9 cm³/mol. The molecule has 6 heteroatoms. The molecule has 1 saturated heterocycles. The zero-order chi connectivity index (χ0) is 15.9. The number of carbonyl (C=O) groups is 2. The van der Waals surface area contributed by atoms with Crippen LogP contribution in [-0.2, 0) is 14.3 Å². The lowest BCUT2D eigenvalue weighted by Crippen LogP contribution is -2.52. The van der Waals surface area contributed by atoms with Crippen LogP contribution in [0.4, 0.5) is 0 Å². The van der Waals surface area contributed by atoms with Gasteiger partial charge in [-0.3, -0.25) is 4.79 Å². The van der Waals surface area contributed by atoms with Crippen LogP contribution in [-0.4, -0.2) is 47.2 Å². The smallest absolute Gasteiger partial charge is 0.334 e. The Morgan fingerprint density at radius 2 is 2.05 bits per heavy atom. The molecule has 2 aliphatic rings. The van der Waals surface area contributed by atoms with Gasteiger partial charge >= 0.3 is 5.97 Å². The topological polar surface area (TPSA) is 66.8 Å². The van der Waals surface area contributed by atoms with Crippen LogP contribution in [0.25, 0.3) is 0 Å². The number of rotatable bonds is 3. The Kier molecular flexibility index (Phi) is 4.10. The molecule has 0 bridgehead atoms. The summed E-state index contributed by atoms with van der Waals surface area (Å²) in [7, 11) is 0. The zero-order valence-electron chi connectivity index (χ0n) is 12.2. The van der Waals surface area contributed by atoms with Gasteiger partial charge in [0.1, 0.15) is 0 Å². The standard InChI is InChI=1S/C16H18ClNO4/c1-9-7-18(8-14(22-9)16(20)21)15(19)12-6-11(12)10-4-2-3-5-13(10)17/h2-5,9,11-12,14H,6-8H2,1H3,(H,20,21)/t9-,11?,12?,14?/m1/s1. The number of halogens is 1. The maximum atomic E-state index is 12.6. The molecule has 1 amide bonds. The fraction of sp³-hybridized carbons (Fsp3) is 0.500. The van der Waals surface area contributed by atoms with Crippen LogP contribution in [0.15, 0.2) is 24.3 Å². The highest BCUT2D eigenvalue weighted by Gasteiger charge is 2.48. The lowest BCUT2D eigenvalue weighted by Gasteiger charge is -2.35. The number of amides is 1. The quantitative estimate of drug-likeness (QED) is 0.925. The average molecular weight is 324 g/mol. The van der Waals surface area contributed by atoms with E-state index in [0.29, 0.717) is 11.6 Å². The van der Waals surface area contributed by atoms with E-state index in [1.807, 2.05) is 24.3 Å². The second kappa shape index (κ2) is 5.89. The van der Waals surface area contributed by atoms with Gasteiger partial charge < -0.3 is 14.7 Å². The molecule has 0 spiro atoms. The van der Waals surface area contributed by atoms with Crippen molar-refractivity contribution in [1.29, 1.82) is 0 Å². The highest BCUT2D eigenvalue weighted by atomic mass is 35.5. The molecule has 118 valence electrons. The number of ether oxygens (including phenoxy) is 1. The Morgan fingerprint density at radius 1 is 1.32 bits per heavy atom. The summed E-state index contributed by atoms with van der Waals surface area (Å²) in [5.74, 6) is -0.976. The molecule has 4 atom stereocenters. The van der Waals surface area contributed by atoms with E-state index in [1.165, 1.54) is 0 Å². The van der Waals surface area contributed by atoms with E-state index < -0.39 is 12.1 Å². The van der Waals surface area contributed by atoms with Gasteiger partial charge in [0.2, 0.25) is 5.91 Å². The number of hydrogen-bond acceptors (Lipinski definition) is 3. The monoisotopic (exact) mass is 323 g/mol. The van der Waals surface area contributed by atoms with Gasteiger partial charge in [-0.25, -0.2) is 4.79 Å². The number of carbonyl (C=O) groups excluding carboxylic acids is 1. The molecule has 2 fully saturated rings. The molecule has 22 heavy (non-hydrogen) atoms. The molecule has 3 rings (SSSR count). The zero-order valence-corrected chi connectivity index (χ0v) is 13.0. The van der Waals surface area contributed by atoms with Crippen molar-refractivity contribution < 1.29 is 19.4 Å². The second-order valence-electron chi connectivity index (χ2n) is 5.99. The van der Waals surface area contributed by atoms with E-state index in [2.05, 4.69) is 0 Å². The molecule has 1 N–H and O–H groups in total. The summed E-state index contributed by atoms with van der Waals surface area (Å²) in [6.45, 7) is 2.34. The van der Waals surface area contributed by atoms with E-state index in [1.54, 1.807) is 11.8 Å². The van der Waals surface area contributed by atoms with Gasteiger partial charge in [0.25, 0.3) is 0 Å². The van der Waals surface area contributed by atoms with E-state index in [9.17, 15) is 9.59 Å². The molecular weight excluding hydrogens is 306 g/mol. The van der Waals surface area contributed by atoms with Gasteiger partial charge in [-0.2, -0.15) is 0 Å². The molecule has 1 aromatic rings. The first-order valence-corrected chi connectivity index (χ1v) is 7.76. The van der Waals surface area contributed by atoms with Gasteiger partial charge in [0.15, 0.2) is 6.10 Å². The first-order chi connectivity index (χ1) is 10.5. The highest BCUT2D eigenvalue weighted by molar-refractivity contribution is 6.31. The maximum Gasteiger partial charge on any atom is 0.334 e. The van der Waals surface area contributed by atoms with Gasteiger partial charge in [0, 0.05) is 17.5 Å². The van der Waals surface area contributed by atoms with E-state index in [4.69, 9.17) is 21.4 Å². The van der Waals surface area contributed by atoms with Crippen LogP contribution in [0.1, 0.15) is 24.8 Å². The number of carboxylic acid groups (broad SMARTS) is 1. The van der Waals surface area contributed by atoms with Crippen LogP contribution < -0.4 is 0 Å². The molecule has 1 aromatic carbocycles. The van der Waals surface area contributed by atoms with Crippen molar-refractivity contribution in [3.8, 4) is 0 Å². The molecule has 1 aliphatic carbocycles. The minimum Gasteiger partial charge on any atom is -0.479 e. The number of carboxylic acids is 1. The van der Waals surface area contributed by atoms with Crippen LogP contribution in [0.5, 0.6) is 0 Å². The molecule has 1 aliphatic heterocycles. The van der Waals surface area contributed by atoms with Gasteiger partial charge in [-0.15, -0.1) is 0 Å². The number of nitrogens with zero attached hydrogens (tertiary/aromatic N) is 1. The number of benzene rings is 1. The summed E-state index contributed by atoms with van der Waals surface area (Å²) in [5, 5.41) is 9.78. The first-order valence-electron chi connectivity index (χ1n) is 7.39. The van der Waals surface area contributed by atoms with E-state index >= 15 is 0 Å². The Labute approximate surface area is 133 Å². The van der Waals surface area contributed by atoms with E-state index in [-0.39, 0.29) is 30.4 Å². The molecular formula is C16H18ClNO4. The van der Waals surface area contributed by atoms with Crippen LogP contribution >= 0.6 is 11.6 Å². The van der Waals surface area contributed by atoms with Crippen molar-refractivity contribution in [3.05, 3.63) is 34.9 Å². The summed E-state index contributed by atoms with van der Waals surface area (Å²) in [6.07, 6.45) is -0.437. The van der Waals surface area contributed by atoms with Crippen LogP contribution in [0.3, 0.4) is 0 Å². The normalized spacial score (nSPS) is 30.9. The third-order valence-corrected chi connectivity index (χ3v) is 4.60. The lowest BCUT2D eigenvalue weighted by atomic mass is 10.1. The molecule has 1 heterocycles. The third kappa shape index (κ3) is 2.96. The van der Waals surface area contributed by atoms with Gasteiger partial charge in [0.05, 0.1) is 12.6 Å². The molecule has 1 saturated carbocycles. The van der Waals surface area contributed by atoms with Crippen LogP contribution in [0.2, 0.25) is 5.02 Å². The summed E-state index contributed by atoms with van der Waals surface area (Å²) in [4.78, 5) is 25.3. The summed E-state index contributed by atoms with van der Waals surface area (Å²) in [6, 6.07) is 7.56. The maximum absolute atomic E-state index is 12.6. The second-order valence-corrected chi connectivity index (χ2v) is 6.39. The van der Waals surface area contributed by atoms with Crippen molar-refractivity contribution in [2.75, 3.05) is 13.1 Å². The van der Waals surface area contributed by atoms with Crippen molar-refractivity contribution >= 4 is 23.5 Å². The SMILES string of the molecule is C[C@@H]1CN(C(=O)C2CC2c2ccccc2Cl)CC(C(=O)O)O1. The van der Waals surface area contributed by atoms with Crippen molar-refractivity contribution in [2.24, 2.45) is 5.92 Å². The third-order valence-electron chi connectivity index (χ3n) is 4.26. The Hall–Kier alpha value is -1.59. The Bertz CT molecular complexity index is 606. The van der Waals surface area contributed by atoms with Gasteiger partial charge in [-0.05, 0) is 30.9 Å². The van der Waals surface area contributed by atoms with Gasteiger partial charge in [-0.1, -0.05) is 29.8 Å². The van der Waals surface area contributed by atoms with Crippen molar-refractivity contribution in [2.45, 2.75) is 31.5 Å². The fourth-order valence-corrected chi connectivity index (χ4v) is 3.37.